The van der Waals surface area contributed by atoms with Crippen LogP contribution in [0, 0.1) is 0 Å². The molecule has 0 fully saturated rings. The summed E-state index contributed by atoms with van der Waals surface area (Å²) in [5.41, 5.74) is 9.26. The van der Waals surface area contributed by atoms with Gasteiger partial charge in [-0.05, 0) is 87.3 Å². The summed E-state index contributed by atoms with van der Waals surface area (Å²) >= 11 is 0. The Kier molecular flexibility index (Phi) is 9.53. The number of allylic oxidation sites excluding steroid dienone is 5. The lowest BCUT2D eigenvalue weighted by Crippen LogP contribution is -2.11. The minimum atomic E-state index is -0.517. The Morgan fingerprint density at radius 3 is 1.89 bits per heavy atom. The summed E-state index contributed by atoms with van der Waals surface area (Å²) in [5, 5.41) is 45.1. The third-order valence-electron chi connectivity index (χ3n) is 10.0. The summed E-state index contributed by atoms with van der Waals surface area (Å²) in [6.45, 7) is 6.02. The van der Waals surface area contributed by atoms with Gasteiger partial charge in [0.1, 0.15) is 0 Å². The van der Waals surface area contributed by atoms with E-state index in [2.05, 4.69) is 102 Å². The lowest BCUT2D eigenvalue weighted by atomic mass is 9.97. The van der Waals surface area contributed by atoms with Crippen molar-refractivity contribution in [2.24, 2.45) is 0 Å². The van der Waals surface area contributed by atoms with Crippen LogP contribution in [0.15, 0.2) is 183 Å². The zero-order valence-electron chi connectivity index (χ0n) is 30.6. The van der Waals surface area contributed by atoms with Crippen molar-refractivity contribution >= 4 is 44.2 Å². The summed E-state index contributed by atoms with van der Waals surface area (Å²) < 4.78 is 0. The molecule has 272 valence electrons. The van der Waals surface area contributed by atoms with E-state index in [1.54, 1.807) is 12.1 Å². The maximum Gasteiger partial charge on any atom is 0.169 e. The molecule has 0 saturated carbocycles. The third-order valence-corrected chi connectivity index (χ3v) is 10.0. The highest BCUT2D eigenvalue weighted by Crippen LogP contribution is 2.48. The molecule has 0 unspecified atom stereocenters. The number of hydrogen-bond acceptors (Lipinski definition) is 6. The van der Waals surface area contributed by atoms with Crippen molar-refractivity contribution < 1.29 is 20.4 Å². The second kappa shape index (κ2) is 15.0. The van der Waals surface area contributed by atoms with Crippen molar-refractivity contribution in [2.75, 3.05) is 4.90 Å². The van der Waals surface area contributed by atoms with Crippen molar-refractivity contribution in [3.8, 4) is 56.5 Å². The maximum atomic E-state index is 10.3. The van der Waals surface area contributed by atoms with Gasteiger partial charge in [0.15, 0.2) is 23.0 Å². The molecular weight excluding hydrogens is 693 g/mol. The number of aromatic nitrogens is 1. The second-order valence-electron chi connectivity index (χ2n) is 13.5. The van der Waals surface area contributed by atoms with Crippen LogP contribution in [0.1, 0.15) is 12.5 Å². The zero-order chi connectivity index (χ0) is 38.8. The fourth-order valence-electron chi connectivity index (χ4n) is 7.12. The largest absolute Gasteiger partial charge is 0.504 e. The van der Waals surface area contributed by atoms with Gasteiger partial charge in [-0.15, -0.1) is 0 Å². The maximum absolute atomic E-state index is 10.3. The average Bonchev–Trinajstić information content (AvgIpc) is 3.24. The summed E-state index contributed by atoms with van der Waals surface area (Å²) in [7, 11) is 0. The topological polar surface area (TPSA) is 97.1 Å². The molecule has 6 nitrogen and oxygen atoms in total. The fraction of sp³-hybridized carbons (Fsp3) is 0.0200. The molecule has 8 rings (SSSR count). The van der Waals surface area contributed by atoms with Crippen LogP contribution in [0.2, 0.25) is 0 Å². The number of benzene rings is 7. The van der Waals surface area contributed by atoms with Crippen LogP contribution in [0.4, 0.5) is 17.1 Å². The fourth-order valence-corrected chi connectivity index (χ4v) is 7.12. The average molecular weight is 731 g/mol. The lowest BCUT2D eigenvalue weighted by Gasteiger charge is -2.27. The molecule has 6 heteroatoms. The van der Waals surface area contributed by atoms with Gasteiger partial charge in [0.2, 0.25) is 0 Å². The third kappa shape index (κ3) is 6.72. The molecule has 8 aromatic rings. The number of pyridine rings is 1. The molecule has 1 heterocycles. The standard InChI is InChI=1S/C50H38N2O4/c1-3-5-9-32(4-2)38-22-23-40-29-41(25-24-39(40)28-38)52(45-13-8-11-35-10-6-7-12-43(35)45)42-26-27-44(51-31-42)36-18-14-33(15-19-36)34-16-20-37(21-17-34)48-49(55)46(53)30-47(54)50(48)56/h3-31,53-56H,2H2,1H3/b5-3-,32-9+. The van der Waals surface area contributed by atoms with E-state index in [4.69, 9.17) is 4.98 Å². The Balaban J connectivity index is 1.11. The highest BCUT2D eigenvalue weighted by molar-refractivity contribution is 6.00. The first-order valence-corrected chi connectivity index (χ1v) is 18.2. The molecule has 7 aromatic carbocycles. The van der Waals surface area contributed by atoms with Gasteiger partial charge < -0.3 is 25.3 Å². The van der Waals surface area contributed by atoms with E-state index < -0.39 is 23.0 Å². The predicted molar refractivity (Wildman–Crippen MR) is 230 cm³/mol. The van der Waals surface area contributed by atoms with Gasteiger partial charge in [-0.25, -0.2) is 0 Å². The number of anilines is 3. The van der Waals surface area contributed by atoms with Crippen molar-refractivity contribution in [3.05, 3.63) is 188 Å². The molecular formula is C50H38N2O4. The molecule has 0 amide bonds. The molecule has 0 aliphatic heterocycles. The van der Waals surface area contributed by atoms with Crippen LogP contribution >= 0.6 is 0 Å². The van der Waals surface area contributed by atoms with Crippen LogP contribution in [0.5, 0.6) is 23.0 Å². The molecule has 56 heavy (non-hydrogen) atoms. The Labute approximate surface area is 325 Å². The van der Waals surface area contributed by atoms with E-state index in [0.717, 1.165) is 78.2 Å². The number of phenols is 4. The number of aromatic hydroxyl groups is 4. The monoisotopic (exact) mass is 730 g/mol. The van der Waals surface area contributed by atoms with Crippen LogP contribution in [-0.4, -0.2) is 25.4 Å². The normalized spacial score (nSPS) is 11.7. The van der Waals surface area contributed by atoms with E-state index >= 15 is 0 Å². The van der Waals surface area contributed by atoms with Crippen molar-refractivity contribution in [1.82, 2.24) is 4.98 Å². The molecule has 0 spiro atoms. The Hall–Kier alpha value is -7.57. The number of hydrogen-bond donors (Lipinski definition) is 4. The van der Waals surface area contributed by atoms with Crippen molar-refractivity contribution in [2.45, 2.75) is 6.92 Å². The van der Waals surface area contributed by atoms with E-state index in [1.165, 1.54) is 0 Å². The first-order chi connectivity index (χ1) is 27.3. The Bertz CT molecular complexity index is 2770. The molecule has 0 aliphatic rings. The molecule has 0 saturated heterocycles. The van der Waals surface area contributed by atoms with Crippen LogP contribution < -0.4 is 4.90 Å². The predicted octanol–water partition coefficient (Wildman–Crippen LogP) is 12.8. The van der Waals surface area contributed by atoms with E-state index in [0.29, 0.717) is 5.56 Å². The molecule has 0 aliphatic carbocycles. The van der Waals surface area contributed by atoms with Crippen molar-refractivity contribution in [1.29, 1.82) is 0 Å². The van der Waals surface area contributed by atoms with E-state index in [-0.39, 0.29) is 5.56 Å². The van der Waals surface area contributed by atoms with E-state index in [1.807, 2.05) is 73.8 Å². The second-order valence-corrected chi connectivity index (χ2v) is 13.5. The summed E-state index contributed by atoms with van der Waals surface area (Å²) in [5.74, 6) is -2.04. The van der Waals surface area contributed by atoms with Crippen molar-refractivity contribution in [3.63, 3.8) is 0 Å². The number of rotatable bonds is 9. The lowest BCUT2D eigenvalue weighted by molar-refractivity contribution is 0.375. The van der Waals surface area contributed by atoms with Crippen LogP contribution in [0.25, 0.3) is 60.6 Å². The zero-order valence-corrected chi connectivity index (χ0v) is 30.6. The van der Waals surface area contributed by atoms with E-state index in [9.17, 15) is 20.4 Å². The molecule has 4 N–H and O–H groups in total. The highest BCUT2D eigenvalue weighted by atomic mass is 16.3. The van der Waals surface area contributed by atoms with Gasteiger partial charge >= 0.3 is 0 Å². The van der Waals surface area contributed by atoms with Gasteiger partial charge in [0.05, 0.1) is 28.8 Å². The number of nitrogens with zero attached hydrogens (tertiary/aromatic N) is 2. The first kappa shape index (κ1) is 35.5. The van der Waals surface area contributed by atoms with Gasteiger partial charge in [-0.3, -0.25) is 4.98 Å². The molecule has 0 atom stereocenters. The quantitative estimate of drug-likeness (QED) is 0.0671. The van der Waals surface area contributed by atoms with Gasteiger partial charge in [-0.2, -0.15) is 0 Å². The summed E-state index contributed by atoms with van der Waals surface area (Å²) in [6.07, 6.45) is 9.92. The van der Waals surface area contributed by atoms with Gasteiger partial charge in [0, 0.05) is 22.7 Å². The number of fused-ring (bicyclic) bond motifs is 2. The Morgan fingerprint density at radius 2 is 1.21 bits per heavy atom. The summed E-state index contributed by atoms with van der Waals surface area (Å²) in [6, 6.07) is 48.1. The Morgan fingerprint density at radius 1 is 0.589 bits per heavy atom. The molecule has 0 radical (unpaired) electrons. The van der Waals surface area contributed by atoms with Gasteiger partial charge in [-0.1, -0.05) is 134 Å². The number of phenolic OH excluding ortho intramolecular Hbond substituents is 4. The summed E-state index contributed by atoms with van der Waals surface area (Å²) in [4.78, 5) is 7.22. The SMILES string of the molecule is C=C/C(=C\C=C/C)c1ccc2cc(N(c3ccc(-c4ccc(-c5ccc(-c6c(O)c(O)cc(O)c6O)cc5)cc4)nc3)c3cccc4ccccc34)ccc2c1. The van der Waals surface area contributed by atoms with Crippen LogP contribution in [0.3, 0.4) is 0 Å². The minimum absolute atomic E-state index is 0.0386. The molecule has 0 bridgehead atoms. The minimum Gasteiger partial charge on any atom is -0.504 e. The first-order valence-electron chi connectivity index (χ1n) is 18.2. The smallest absolute Gasteiger partial charge is 0.169 e. The van der Waals surface area contributed by atoms with Gasteiger partial charge in [0.25, 0.3) is 0 Å². The highest BCUT2D eigenvalue weighted by Gasteiger charge is 2.19. The van der Waals surface area contributed by atoms with Crippen LogP contribution in [-0.2, 0) is 0 Å². The molecule has 1 aromatic heterocycles.